The van der Waals surface area contributed by atoms with E-state index in [0.29, 0.717) is 0 Å². The van der Waals surface area contributed by atoms with Gasteiger partial charge < -0.3 is 14.8 Å². The summed E-state index contributed by atoms with van der Waals surface area (Å²) in [4.78, 5) is 0. The molecule has 0 saturated heterocycles. The standard InChI is InChI=1S/C12H23N3O2/c1-6-9(16-4)11(13-3)12-10(17-5)8-14-15(12)7-2/h8-9,11,13H,6-7H2,1-5H3. The van der Waals surface area contributed by atoms with E-state index >= 15 is 0 Å². The van der Waals surface area contributed by atoms with E-state index in [1.165, 1.54) is 0 Å². The molecule has 0 spiro atoms. The molecule has 0 fully saturated rings. The number of rotatable bonds is 7. The molecule has 1 aromatic heterocycles. The third-order valence-electron chi connectivity index (χ3n) is 3.05. The van der Waals surface area contributed by atoms with Gasteiger partial charge in [-0.05, 0) is 20.4 Å². The molecule has 0 aromatic carbocycles. The number of hydrogen-bond donors (Lipinski definition) is 1. The Kier molecular flexibility index (Phi) is 5.44. The van der Waals surface area contributed by atoms with Crippen LogP contribution in [0.3, 0.4) is 0 Å². The fourth-order valence-electron chi connectivity index (χ4n) is 2.14. The van der Waals surface area contributed by atoms with E-state index in [9.17, 15) is 0 Å². The highest BCUT2D eigenvalue weighted by Crippen LogP contribution is 2.29. The van der Waals surface area contributed by atoms with Crippen molar-refractivity contribution in [2.75, 3.05) is 21.3 Å². The maximum Gasteiger partial charge on any atom is 0.161 e. The highest BCUT2D eigenvalue weighted by atomic mass is 16.5. The van der Waals surface area contributed by atoms with Gasteiger partial charge in [0.1, 0.15) is 0 Å². The fourth-order valence-corrected chi connectivity index (χ4v) is 2.14. The summed E-state index contributed by atoms with van der Waals surface area (Å²) in [6.07, 6.45) is 2.79. The minimum Gasteiger partial charge on any atom is -0.493 e. The molecule has 1 aromatic rings. The molecule has 5 nitrogen and oxygen atoms in total. The quantitative estimate of drug-likeness (QED) is 0.787. The molecule has 0 aliphatic carbocycles. The van der Waals surface area contributed by atoms with Gasteiger partial charge in [0.25, 0.3) is 0 Å². The predicted molar refractivity (Wildman–Crippen MR) is 67.3 cm³/mol. The number of aryl methyl sites for hydroxylation is 1. The number of aromatic nitrogens is 2. The van der Waals surface area contributed by atoms with Crippen molar-refractivity contribution in [2.45, 2.75) is 39.0 Å². The van der Waals surface area contributed by atoms with Crippen molar-refractivity contribution in [2.24, 2.45) is 0 Å². The first-order valence-electron chi connectivity index (χ1n) is 6.03. The van der Waals surface area contributed by atoms with Crippen LogP contribution in [0.5, 0.6) is 5.75 Å². The SMILES string of the molecule is CCC(OC)C(NC)c1c(OC)cnn1CC. The third-order valence-corrected chi connectivity index (χ3v) is 3.05. The Morgan fingerprint density at radius 3 is 2.53 bits per heavy atom. The molecule has 0 radical (unpaired) electrons. The van der Waals surface area contributed by atoms with Gasteiger partial charge in [0, 0.05) is 13.7 Å². The summed E-state index contributed by atoms with van der Waals surface area (Å²) in [6, 6.07) is 0.0856. The number of likely N-dealkylation sites (N-methyl/N-ethyl adjacent to an activating group) is 1. The zero-order valence-corrected chi connectivity index (χ0v) is 11.4. The van der Waals surface area contributed by atoms with Crippen LogP contribution in [-0.2, 0) is 11.3 Å². The number of methoxy groups -OCH3 is 2. The van der Waals surface area contributed by atoms with Crippen LogP contribution in [0.1, 0.15) is 32.0 Å². The largest absolute Gasteiger partial charge is 0.493 e. The van der Waals surface area contributed by atoms with Crippen LogP contribution >= 0.6 is 0 Å². The average molecular weight is 241 g/mol. The Morgan fingerprint density at radius 2 is 2.12 bits per heavy atom. The molecule has 0 saturated carbocycles. The van der Waals surface area contributed by atoms with Crippen molar-refractivity contribution < 1.29 is 9.47 Å². The van der Waals surface area contributed by atoms with Gasteiger partial charge in [0.15, 0.2) is 5.75 Å². The lowest BCUT2D eigenvalue weighted by molar-refractivity contribution is 0.0639. The molecule has 1 N–H and O–H groups in total. The van der Waals surface area contributed by atoms with E-state index in [2.05, 4.69) is 24.3 Å². The lowest BCUT2D eigenvalue weighted by Gasteiger charge is -2.26. The first-order chi connectivity index (χ1) is 8.23. The van der Waals surface area contributed by atoms with Crippen LogP contribution in [0.2, 0.25) is 0 Å². The molecule has 0 bridgehead atoms. The molecule has 0 aliphatic heterocycles. The Hall–Kier alpha value is -1.07. The first kappa shape index (κ1) is 14.0. The van der Waals surface area contributed by atoms with Crippen LogP contribution < -0.4 is 10.1 Å². The lowest BCUT2D eigenvalue weighted by atomic mass is 10.0. The molecule has 1 heterocycles. The van der Waals surface area contributed by atoms with Crippen LogP contribution in [0, 0.1) is 0 Å². The molecule has 5 heteroatoms. The topological polar surface area (TPSA) is 48.3 Å². The molecule has 98 valence electrons. The van der Waals surface area contributed by atoms with Gasteiger partial charge in [0.05, 0.1) is 31.1 Å². The van der Waals surface area contributed by atoms with Crippen LogP contribution in [-0.4, -0.2) is 37.2 Å². The lowest BCUT2D eigenvalue weighted by Crippen LogP contribution is -2.32. The van der Waals surface area contributed by atoms with Crippen LogP contribution in [0.25, 0.3) is 0 Å². The molecule has 1 rings (SSSR count). The summed E-state index contributed by atoms with van der Waals surface area (Å²) >= 11 is 0. The van der Waals surface area contributed by atoms with Gasteiger partial charge in [-0.1, -0.05) is 6.92 Å². The number of ether oxygens (including phenoxy) is 2. The second kappa shape index (κ2) is 6.61. The fraction of sp³-hybridized carbons (Fsp3) is 0.750. The predicted octanol–water partition coefficient (Wildman–Crippen LogP) is 1.60. The molecule has 0 aliphatic rings. The summed E-state index contributed by atoms with van der Waals surface area (Å²) in [7, 11) is 5.33. The van der Waals surface area contributed by atoms with Crippen molar-refractivity contribution in [3.63, 3.8) is 0 Å². The van der Waals surface area contributed by atoms with Crippen molar-refractivity contribution in [3.8, 4) is 5.75 Å². The average Bonchev–Trinajstić information content (AvgIpc) is 2.78. The summed E-state index contributed by atoms with van der Waals surface area (Å²) in [6.45, 7) is 4.99. The minimum atomic E-state index is 0.0856. The zero-order chi connectivity index (χ0) is 12.8. The Labute approximate surface area is 103 Å². The van der Waals surface area contributed by atoms with Crippen molar-refractivity contribution >= 4 is 0 Å². The van der Waals surface area contributed by atoms with E-state index in [4.69, 9.17) is 9.47 Å². The minimum absolute atomic E-state index is 0.0856. The molecule has 17 heavy (non-hydrogen) atoms. The van der Waals surface area contributed by atoms with E-state index < -0.39 is 0 Å². The second-order valence-electron chi connectivity index (χ2n) is 3.86. The maximum atomic E-state index is 5.52. The molecule has 0 amide bonds. The van der Waals surface area contributed by atoms with E-state index in [1.807, 2.05) is 11.7 Å². The maximum absolute atomic E-state index is 5.52. The van der Waals surface area contributed by atoms with Crippen LogP contribution in [0.4, 0.5) is 0 Å². The van der Waals surface area contributed by atoms with Crippen molar-refractivity contribution in [1.29, 1.82) is 0 Å². The second-order valence-corrected chi connectivity index (χ2v) is 3.86. The zero-order valence-electron chi connectivity index (χ0n) is 11.4. The summed E-state index contributed by atoms with van der Waals surface area (Å²) in [5.74, 6) is 0.807. The highest BCUT2D eigenvalue weighted by Gasteiger charge is 2.27. The van der Waals surface area contributed by atoms with Gasteiger partial charge in [-0.2, -0.15) is 5.10 Å². The number of nitrogens with one attached hydrogen (secondary N) is 1. The van der Waals surface area contributed by atoms with E-state index in [1.54, 1.807) is 20.4 Å². The normalized spacial score (nSPS) is 14.6. The molecular weight excluding hydrogens is 218 g/mol. The van der Waals surface area contributed by atoms with E-state index in [-0.39, 0.29) is 12.1 Å². The van der Waals surface area contributed by atoms with Crippen molar-refractivity contribution in [1.82, 2.24) is 15.1 Å². The van der Waals surface area contributed by atoms with Gasteiger partial charge in [0.2, 0.25) is 0 Å². The number of hydrogen-bond acceptors (Lipinski definition) is 4. The van der Waals surface area contributed by atoms with Gasteiger partial charge in [-0.3, -0.25) is 4.68 Å². The Morgan fingerprint density at radius 1 is 1.41 bits per heavy atom. The van der Waals surface area contributed by atoms with Gasteiger partial charge in [-0.15, -0.1) is 0 Å². The van der Waals surface area contributed by atoms with Gasteiger partial charge >= 0.3 is 0 Å². The summed E-state index contributed by atoms with van der Waals surface area (Å²) in [5, 5.41) is 7.61. The molecular formula is C12H23N3O2. The summed E-state index contributed by atoms with van der Waals surface area (Å²) in [5.41, 5.74) is 1.05. The monoisotopic (exact) mass is 241 g/mol. The van der Waals surface area contributed by atoms with Crippen LogP contribution in [0.15, 0.2) is 6.20 Å². The van der Waals surface area contributed by atoms with Crippen molar-refractivity contribution in [3.05, 3.63) is 11.9 Å². The smallest absolute Gasteiger partial charge is 0.161 e. The Bertz CT molecular complexity index is 313. The summed E-state index contributed by atoms with van der Waals surface area (Å²) < 4.78 is 12.8. The Balaban J connectivity index is 3.12. The first-order valence-corrected chi connectivity index (χ1v) is 6.03. The number of nitrogens with zero attached hydrogens (tertiary/aromatic N) is 2. The molecule has 2 atom stereocenters. The third kappa shape index (κ3) is 2.79. The highest BCUT2D eigenvalue weighted by molar-refractivity contribution is 5.29. The van der Waals surface area contributed by atoms with Gasteiger partial charge in [-0.25, -0.2) is 0 Å². The van der Waals surface area contributed by atoms with E-state index in [0.717, 1.165) is 24.4 Å². The molecule has 2 unspecified atom stereocenters.